The first-order chi connectivity index (χ1) is 7.24. The van der Waals surface area contributed by atoms with Crippen LogP contribution in [0.1, 0.15) is 42.2 Å². The molecule has 15 heavy (non-hydrogen) atoms. The van der Waals surface area contributed by atoms with Gasteiger partial charge >= 0.3 is 0 Å². The number of aromatic amines is 1. The molecule has 1 aliphatic rings. The third kappa shape index (κ3) is 1.76. The lowest BCUT2D eigenvalue weighted by molar-refractivity contribution is 0.0733. The number of H-pyrrole nitrogens is 1. The highest BCUT2D eigenvalue weighted by Crippen LogP contribution is 2.22. The van der Waals surface area contributed by atoms with Crippen LogP contribution in [0.5, 0.6) is 0 Å². The van der Waals surface area contributed by atoms with E-state index in [2.05, 4.69) is 17.1 Å². The predicted octanol–water partition coefficient (Wildman–Crippen LogP) is 1.73. The third-order valence-electron chi connectivity index (χ3n) is 3.17. The summed E-state index contributed by atoms with van der Waals surface area (Å²) in [5.74, 6) is 0.130. The molecule has 2 rings (SSSR count). The molecule has 1 aliphatic heterocycles. The summed E-state index contributed by atoms with van der Waals surface area (Å²) in [4.78, 5) is 14.1. The molecular weight excluding hydrogens is 190 g/mol. The zero-order valence-corrected chi connectivity index (χ0v) is 9.29. The van der Waals surface area contributed by atoms with E-state index < -0.39 is 0 Å². The number of amides is 1. The lowest BCUT2D eigenvalue weighted by atomic mass is 10.1. The van der Waals surface area contributed by atoms with Crippen LogP contribution in [0.4, 0.5) is 0 Å². The van der Waals surface area contributed by atoms with Crippen LogP contribution >= 0.6 is 0 Å². The summed E-state index contributed by atoms with van der Waals surface area (Å²) in [5.41, 5.74) is 1.58. The zero-order valence-electron chi connectivity index (χ0n) is 9.29. The Kier molecular flexibility index (Phi) is 2.75. The van der Waals surface area contributed by atoms with Gasteiger partial charge in [0, 0.05) is 18.3 Å². The van der Waals surface area contributed by atoms with Crippen LogP contribution in [-0.2, 0) is 0 Å². The highest BCUT2D eigenvalue weighted by molar-refractivity contribution is 5.95. The van der Waals surface area contributed by atoms with Gasteiger partial charge in [0.2, 0.25) is 0 Å². The molecule has 1 unspecified atom stereocenters. The highest BCUT2D eigenvalue weighted by Gasteiger charge is 2.29. The van der Waals surface area contributed by atoms with Crippen LogP contribution in [-0.4, -0.2) is 33.6 Å². The summed E-state index contributed by atoms with van der Waals surface area (Å²) < 4.78 is 0. The van der Waals surface area contributed by atoms with E-state index in [1.165, 1.54) is 0 Å². The predicted molar refractivity (Wildman–Crippen MR) is 57.7 cm³/mol. The lowest BCUT2D eigenvalue weighted by Crippen LogP contribution is -2.35. The first-order valence-corrected chi connectivity index (χ1v) is 5.55. The minimum atomic E-state index is 0.130. The van der Waals surface area contributed by atoms with Crippen molar-refractivity contribution < 1.29 is 4.79 Å². The van der Waals surface area contributed by atoms with E-state index in [-0.39, 0.29) is 5.91 Å². The van der Waals surface area contributed by atoms with Gasteiger partial charge in [-0.05, 0) is 26.2 Å². The summed E-state index contributed by atoms with van der Waals surface area (Å²) in [6.07, 6.45) is 4.94. The summed E-state index contributed by atoms with van der Waals surface area (Å²) in [6.45, 7) is 4.91. The molecule has 1 fully saturated rings. The van der Waals surface area contributed by atoms with Crippen molar-refractivity contribution in [2.45, 2.75) is 39.2 Å². The van der Waals surface area contributed by atoms with Gasteiger partial charge in [0.05, 0.1) is 11.8 Å². The summed E-state index contributed by atoms with van der Waals surface area (Å²) in [6, 6.07) is 0.423. The molecule has 0 aromatic carbocycles. The monoisotopic (exact) mass is 207 g/mol. The van der Waals surface area contributed by atoms with E-state index >= 15 is 0 Å². The number of likely N-dealkylation sites (tertiary alicyclic amines) is 1. The van der Waals surface area contributed by atoms with E-state index in [0.717, 1.165) is 37.1 Å². The first-order valence-electron chi connectivity index (χ1n) is 5.55. The number of aryl methyl sites for hydroxylation is 1. The van der Waals surface area contributed by atoms with Crippen LogP contribution in [0.3, 0.4) is 0 Å². The number of hydrogen-bond donors (Lipinski definition) is 1. The van der Waals surface area contributed by atoms with Gasteiger partial charge < -0.3 is 4.90 Å². The average molecular weight is 207 g/mol. The molecule has 1 amide bonds. The summed E-state index contributed by atoms with van der Waals surface area (Å²) >= 11 is 0. The highest BCUT2D eigenvalue weighted by atomic mass is 16.2. The number of rotatable bonds is 2. The Morgan fingerprint density at radius 1 is 1.73 bits per heavy atom. The van der Waals surface area contributed by atoms with Crippen molar-refractivity contribution in [1.29, 1.82) is 0 Å². The Bertz CT molecular complexity index is 358. The van der Waals surface area contributed by atoms with Crippen molar-refractivity contribution in [3.8, 4) is 0 Å². The minimum absolute atomic E-state index is 0.130. The third-order valence-corrected chi connectivity index (χ3v) is 3.17. The zero-order chi connectivity index (χ0) is 10.8. The summed E-state index contributed by atoms with van der Waals surface area (Å²) in [5, 5.41) is 6.70. The molecule has 0 aliphatic carbocycles. The van der Waals surface area contributed by atoms with E-state index in [1.54, 1.807) is 6.20 Å². The minimum Gasteiger partial charge on any atom is -0.336 e. The molecule has 0 bridgehead atoms. The fraction of sp³-hybridized carbons (Fsp3) is 0.636. The van der Waals surface area contributed by atoms with E-state index in [4.69, 9.17) is 0 Å². The lowest BCUT2D eigenvalue weighted by Gasteiger charge is -2.23. The maximum atomic E-state index is 12.2. The number of aromatic nitrogens is 2. The van der Waals surface area contributed by atoms with Crippen LogP contribution in [0.2, 0.25) is 0 Å². The molecule has 1 atom stereocenters. The molecule has 2 heterocycles. The summed E-state index contributed by atoms with van der Waals surface area (Å²) in [7, 11) is 0. The van der Waals surface area contributed by atoms with Crippen molar-refractivity contribution >= 4 is 5.91 Å². The second kappa shape index (κ2) is 4.04. The maximum Gasteiger partial charge on any atom is 0.257 e. The molecule has 4 nitrogen and oxygen atoms in total. The fourth-order valence-corrected chi connectivity index (χ4v) is 2.25. The molecular formula is C11H17N3O. The van der Waals surface area contributed by atoms with Crippen molar-refractivity contribution in [3.63, 3.8) is 0 Å². The molecule has 1 aromatic heterocycles. The molecule has 82 valence electrons. The molecule has 1 aromatic rings. The number of carbonyl (C=O) groups excluding carboxylic acids is 1. The van der Waals surface area contributed by atoms with E-state index in [1.807, 2.05) is 11.8 Å². The van der Waals surface area contributed by atoms with Crippen LogP contribution in [0, 0.1) is 6.92 Å². The van der Waals surface area contributed by atoms with Gasteiger partial charge in [0.25, 0.3) is 5.91 Å². The Balaban J connectivity index is 2.18. The largest absolute Gasteiger partial charge is 0.336 e. The first kappa shape index (κ1) is 10.2. The molecule has 0 radical (unpaired) electrons. The Morgan fingerprint density at radius 2 is 2.53 bits per heavy atom. The van der Waals surface area contributed by atoms with Crippen LogP contribution in [0.25, 0.3) is 0 Å². The number of hydrogen-bond acceptors (Lipinski definition) is 2. The standard InChI is InChI=1S/C11H17N3O/c1-3-9-5-4-6-14(9)11(15)10-7-12-13-8(10)2/h7,9H,3-6H2,1-2H3,(H,12,13). The average Bonchev–Trinajstić information content (AvgIpc) is 2.84. The molecule has 1 saturated heterocycles. The van der Waals surface area contributed by atoms with E-state index in [9.17, 15) is 4.79 Å². The molecule has 4 heteroatoms. The maximum absolute atomic E-state index is 12.2. The normalized spacial score (nSPS) is 20.9. The topological polar surface area (TPSA) is 49.0 Å². The van der Waals surface area contributed by atoms with Gasteiger partial charge in [0.15, 0.2) is 0 Å². The van der Waals surface area contributed by atoms with Crippen LogP contribution in [0.15, 0.2) is 6.20 Å². The Morgan fingerprint density at radius 3 is 3.13 bits per heavy atom. The van der Waals surface area contributed by atoms with E-state index in [0.29, 0.717) is 6.04 Å². The van der Waals surface area contributed by atoms with Crippen molar-refractivity contribution in [3.05, 3.63) is 17.5 Å². The van der Waals surface area contributed by atoms with Gasteiger partial charge in [0.1, 0.15) is 0 Å². The van der Waals surface area contributed by atoms with Crippen molar-refractivity contribution in [1.82, 2.24) is 15.1 Å². The Hall–Kier alpha value is -1.32. The smallest absolute Gasteiger partial charge is 0.257 e. The van der Waals surface area contributed by atoms with Gasteiger partial charge in [-0.15, -0.1) is 0 Å². The SMILES string of the molecule is CCC1CCCN1C(=O)c1cn[nH]c1C. The fourth-order valence-electron chi connectivity index (χ4n) is 2.25. The van der Waals surface area contributed by atoms with Gasteiger partial charge in [-0.25, -0.2) is 0 Å². The Labute approximate surface area is 89.7 Å². The number of nitrogens with one attached hydrogen (secondary N) is 1. The second-order valence-electron chi connectivity index (χ2n) is 4.11. The van der Waals surface area contributed by atoms with Crippen molar-refractivity contribution in [2.24, 2.45) is 0 Å². The quantitative estimate of drug-likeness (QED) is 0.803. The van der Waals surface area contributed by atoms with Gasteiger partial charge in [-0.2, -0.15) is 5.10 Å². The second-order valence-corrected chi connectivity index (χ2v) is 4.11. The molecule has 0 spiro atoms. The van der Waals surface area contributed by atoms with Gasteiger partial charge in [-0.3, -0.25) is 9.89 Å². The number of nitrogens with zero attached hydrogens (tertiary/aromatic N) is 2. The molecule has 1 N–H and O–H groups in total. The van der Waals surface area contributed by atoms with Gasteiger partial charge in [-0.1, -0.05) is 6.92 Å². The van der Waals surface area contributed by atoms with Crippen LogP contribution < -0.4 is 0 Å². The molecule has 0 saturated carbocycles. The van der Waals surface area contributed by atoms with Crippen molar-refractivity contribution in [2.75, 3.05) is 6.54 Å². The number of carbonyl (C=O) groups is 1.